The highest BCUT2D eigenvalue weighted by atomic mass is 35.5. The number of rotatable bonds is 6. The van der Waals surface area contributed by atoms with Gasteiger partial charge >= 0.3 is 5.69 Å². The van der Waals surface area contributed by atoms with Crippen LogP contribution < -0.4 is 16.1 Å². The van der Waals surface area contributed by atoms with Gasteiger partial charge in [-0.15, -0.1) is 12.4 Å². The summed E-state index contributed by atoms with van der Waals surface area (Å²) < 4.78 is 6.58. The second kappa shape index (κ2) is 10.9. The molecule has 0 amide bonds. The molecule has 0 bridgehead atoms. The Bertz CT molecular complexity index is 1750. The van der Waals surface area contributed by atoms with E-state index >= 15 is 0 Å². The van der Waals surface area contributed by atoms with E-state index in [4.69, 9.17) is 16.6 Å². The van der Waals surface area contributed by atoms with Gasteiger partial charge in [0.25, 0.3) is 5.56 Å². The van der Waals surface area contributed by atoms with Crippen molar-refractivity contribution in [1.29, 1.82) is 0 Å². The normalized spacial score (nSPS) is 14.3. The predicted octanol–water partition coefficient (Wildman–Crippen LogP) is 3.64. The Labute approximate surface area is 236 Å². The van der Waals surface area contributed by atoms with Gasteiger partial charge in [-0.25, -0.2) is 4.79 Å². The van der Waals surface area contributed by atoms with Crippen LogP contribution in [0.3, 0.4) is 0 Å². The van der Waals surface area contributed by atoms with Crippen LogP contribution in [0, 0.1) is 0 Å². The average molecular weight is 569 g/mol. The van der Waals surface area contributed by atoms with E-state index < -0.39 is 0 Å². The zero-order chi connectivity index (χ0) is 26.4. The molecule has 0 saturated carbocycles. The summed E-state index contributed by atoms with van der Waals surface area (Å²) in [5.74, 6) is 0.669. The number of anilines is 1. The minimum Gasteiger partial charge on any atom is -0.369 e. The molecular weight excluding hydrogens is 537 g/mol. The van der Waals surface area contributed by atoms with Crippen LogP contribution in [0.15, 0.2) is 70.4 Å². The van der Waals surface area contributed by atoms with Crippen molar-refractivity contribution in [2.45, 2.75) is 13.0 Å². The van der Waals surface area contributed by atoms with E-state index in [1.165, 1.54) is 17.3 Å². The molecule has 0 unspecified atom stereocenters. The van der Waals surface area contributed by atoms with E-state index in [-0.39, 0.29) is 23.7 Å². The SMILES string of the molecule is Cl.Cn1c(=O)c2c(nc3n(CCCN4CCN(c5cccc(Cl)c5)CC4)c(-c4ccccc4)cn23)n(C)c1=O. The van der Waals surface area contributed by atoms with Gasteiger partial charge in [0.05, 0.1) is 5.69 Å². The lowest BCUT2D eigenvalue weighted by atomic mass is 10.1. The summed E-state index contributed by atoms with van der Waals surface area (Å²) >= 11 is 6.19. The summed E-state index contributed by atoms with van der Waals surface area (Å²) in [6.45, 7) is 5.61. The molecular formula is C28H31Cl2N7O2. The molecule has 9 nitrogen and oxygen atoms in total. The second-order valence-corrected chi connectivity index (χ2v) is 10.3. The Hall–Kier alpha value is -3.53. The molecule has 5 aromatic rings. The van der Waals surface area contributed by atoms with Crippen molar-refractivity contribution >= 4 is 46.6 Å². The lowest BCUT2D eigenvalue weighted by Gasteiger charge is -2.36. The van der Waals surface area contributed by atoms with Crippen LogP contribution in [-0.2, 0) is 20.6 Å². The Morgan fingerprint density at radius 3 is 2.36 bits per heavy atom. The fourth-order valence-corrected chi connectivity index (χ4v) is 5.61. The molecule has 0 N–H and O–H groups in total. The number of nitrogens with zero attached hydrogens (tertiary/aromatic N) is 7. The van der Waals surface area contributed by atoms with Crippen molar-refractivity contribution in [1.82, 2.24) is 28.0 Å². The molecule has 39 heavy (non-hydrogen) atoms. The Balaban J connectivity index is 0.00000308. The first-order valence-electron chi connectivity index (χ1n) is 12.9. The molecule has 0 spiro atoms. The van der Waals surface area contributed by atoms with E-state index in [9.17, 15) is 9.59 Å². The fraction of sp³-hybridized carbons (Fsp3) is 0.321. The summed E-state index contributed by atoms with van der Waals surface area (Å²) in [6.07, 6.45) is 2.90. The molecule has 1 saturated heterocycles. The Kier molecular flexibility index (Phi) is 7.57. The molecule has 4 heterocycles. The van der Waals surface area contributed by atoms with Crippen LogP contribution in [-0.4, -0.2) is 60.7 Å². The summed E-state index contributed by atoms with van der Waals surface area (Å²) in [4.78, 5) is 35.2. The summed E-state index contributed by atoms with van der Waals surface area (Å²) in [6, 6.07) is 18.2. The highest BCUT2D eigenvalue weighted by Gasteiger charge is 2.22. The maximum atomic E-state index is 13.1. The Morgan fingerprint density at radius 1 is 0.897 bits per heavy atom. The van der Waals surface area contributed by atoms with Crippen molar-refractivity contribution in [3.05, 3.63) is 86.7 Å². The van der Waals surface area contributed by atoms with Crippen LogP contribution in [0.5, 0.6) is 0 Å². The zero-order valence-electron chi connectivity index (χ0n) is 22.0. The standard InChI is InChI=1S/C28H30ClN7O2.ClH/c1-31-25-24(26(37)32(2)28(31)38)36-19-23(20-8-4-3-5-9-20)35(27(36)30-25)13-7-12-33-14-16-34(17-15-33)22-11-6-10-21(29)18-22;/h3-6,8-11,18-19H,7,12-17H2,1-2H3;1H. The molecule has 1 aliphatic rings. The van der Waals surface area contributed by atoms with Gasteiger partial charge in [-0.05, 0) is 36.7 Å². The maximum Gasteiger partial charge on any atom is 0.332 e. The summed E-state index contributed by atoms with van der Waals surface area (Å²) in [5, 5.41) is 0.766. The quantitative estimate of drug-likeness (QED) is 0.313. The molecule has 6 rings (SSSR count). The van der Waals surface area contributed by atoms with Crippen LogP contribution in [0.4, 0.5) is 5.69 Å². The molecule has 0 aliphatic carbocycles. The number of fused-ring (bicyclic) bond motifs is 3. The van der Waals surface area contributed by atoms with E-state index in [0.717, 1.165) is 66.5 Å². The number of benzene rings is 2. The van der Waals surface area contributed by atoms with E-state index in [0.29, 0.717) is 16.9 Å². The number of piperazine rings is 1. The van der Waals surface area contributed by atoms with Gasteiger partial charge < -0.3 is 9.47 Å². The first kappa shape index (κ1) is 27.1. The minimum atomic E-state index is -0.380. The van der Waals surface area contributed by atoms with E-state index in [1.807, 2.05) is 47.0 Å². The number of halogens is 2. The predicted molar refractivity (Wildman–Crippen MR) is 159 cm³/mol. The maximum absolute atomic E-state index is 13.1. The molecule has 3 aromatic heterocycles. The largest absolute Gasteiger partial charge is 0.369 e. The number of aromatic nitrogens is 5. The molecule has 1 fully saturated rings. The number of aryl methyl sites for hydroxylation is 2. The first-order chi connectivity index (χ1) is 18.4. The first-order valence-corrected chi connectivity index (χ1v) is 13.3. The lowest BCUT2D eigenvalue weighted by molar-refractivity contribution is 0.251. The van der Waals surface area contributed by atoms with Gasteiger partial charge in [0.1, 0.15) is 0 Å². The van der Waals surface area contributed by atoms with Crippen LogP contribution in [0.1, 0.15) is 6.42 Å². The average Bonchev–Trinajstić information content (AvgIpc) is 3.48. The van der Waals surface area contributed by atoms with Crippen molar-refractivity contribution in [2.75, 3.05) is 37.6 Å². The van der Waals surface area contributed by atoms with Gasteiger partial charge in [0.2, 0.25) is 5.78 Å². The molecule has 1 aliphatic heterocycles. The fourth-order valence-electron chi connectivity index (χ4n) is 5.43. The molecule has 0 atom stereocenters. The van der Waals surface area contributed by atoms with Crippen molar-refractivity contribution in [3.8, 4) is 11.3 Å². The molecule has 11 heteroatoms. The van der Waals surface area contributed by atoms with Crippen LogP contribution >= 0.6 is 24.0 Å². The molecule has 204 valence electrons. The monoisotopic (exact) mass is 567 g/mol. The third kappa shape index (κ3) is 4.86. The lowest BCUT2D eigenvalue weighted by Crippen LogP contribution is -2.46. The summed E-state index contributed by atoms with van der Waals surface area (Å²) in [7, 11) is 3.16. The third-order valence-corrected chi connectivity index (χ3v) is 7.76. The van der Waals surface area contributed by atoms with Gasteiger partial charge in [-0.2, -0.15) is 4.98 Å². The summed E-state index contributed by atoms with van der Waals surface area (Å²) in [5.41, 5.74) is 3.32. The number of hydrogen-bond donors (Lipinski definition) is 0. The van der Waals surface area contributed by atoms with Crippen molar-refractivity contribution in [2.24, 2.45) is 14.1 Å². The smallest absolute Gasteiger partial charge is 0.332 e. The van der Waals surface area contributed by atoms with Gasteiger partial charge in [-0.1, -0.05) is 48.0 Å². The second-order valence-electron chi connectivity index (χ2n) is 9.85. The van der Waals surface area contributed by atoms with E-state index in [2.05, 4.69) is 32.6 Å². The van der Waals surface area contributed by atoms with Crippen molar-refractivity contribution in [3.63, 3.8) is 0 Å². The van der Waals surface area contributed by atoms with Gasteiger partial charge in [-0.3, -0.25) is 23.2 Å². The number of imidazole rings is 2. The van der Waals surface area contributed by atoms with Crippen LogP contribution in [0.25, 0.3) is 28.2 Å². The molecule has 2 aromatic carbocycles. The Morgan fingerprint density at radius 2 is 1.64 bits per heavy atom. The highest BCUT2D eigenvalue weighted by Crippen LogP contribution is 2.26. The topological polar surface area (TPSA) is 72.7 Å². The zero-order valence-corrected chi connectivity index (χ0v) is 23.5. The van der Waals surface area contributed by atoms with Crippen LogP contribution in [0.2, 0.25) is 5.02 Å². The molecule has 0 radical (unpaired) electrons. The third-order valence-electron chi connectivity index (χ3n) is 7.53. The van der Waals surface area contributed by atoms with Crippen molar-refractivity contribution < 1.29 is 0 Å². The van der Waals surface area contributed by atoms with Gasteiger partial charge in [0, 0.05) is 63.7 Å². The number of hydrogen-bond acceptors (Lipinski definition) is 5. The highest BCUT2D eigenvalue weighted by molar-refractivity contribution is 6.30. The van der Waals surface area contributed by atoms with Gasteiger partial charge in [0.15, 0.2) is 11.2 Å². The minimum absolute atomic E-state index is 0. The van der Waals surface area contributed by atoms with E-state index in [1.54, 1.807) is 7.05 Å².